The van der Waals surface area contributed by atoms with Crippen molar-refractivity contribution >= 4 is 46.8 Å². The summed E-state index contributed by atoms with van der Waals surface area (Å²) in [7, 11) is 0. The molecular weight excluding hydrogens is 358 g/mol. The number of amides is 2. The summed E-state index contributed by atoms with van der Waals surface area (Å²) < 4.78 is 0. The Labute approximate surface area is 156 Å². The van der Waals surface area contributed by atoms with Gasteiger partial charge in [-0.2, -0.15) is 0 Å². The highest BCUT2D eigenvalue weighted by atomic mass is 35.5. The molecule has 0 saturated heterocycles. The first-order chi connectivity index (χ1) is 12.0. The van der Waals surface area contributed by atoms with Crippen LogP contribution in [0.4, 0.5) is 0 Å². The molecule has 0 bridgehead atoms. The summed E-state index contributed by atoms with van der Waals surface area (Å²) in [6.45, 7) is 0. The van der Waals surface area contributed by atoms with E-state index in [1.807, 2.05) is 30.3 Å². The number of rotatable bonds is 4. The highest BCUT2D eigenvalue weighted by molar-refractivity contribution is 7.80. The topological polar surface area (TPSA) is 70.2 Å². The molecule has 0 atom stereocenters. The molecule has 0 radical (unpaired) electrons. The molecule has 0 unspecified atom stereocenters. The second-order valence-electron chi connectivity index (χ2n) is 5.04. The molecule has 3 N–H and O–H groups in total. The summed E-state index contributed by atoms with van der Waals surface area (Å²) in [6.07, 6.45) is 3.19. The molecule has 5 nitrogen and oxygen atoms in total. The fraction of sp³-hybridized carbons (Fsp3) is 0.0556. The standard InChI is InChI=1S/C18H16ClN3O2S/c19-15-9-6-14(7-10-15)12-17(24)21-22-18(25)20-16(23)11-8-13-4-2-1-3-5-13/h1-11H,12H2,(H,21,24)(H2,20,22,23,25). The predicted octanol–water partition coefficient (Wildman–Crippen LogP) is 2.62. The Bertz CT molecular complexity index is 777. The van der Waals surface area contributed by atoms with Gasteiger partial charge in [-0.3, -0.25) is 25.8 Å². The van der Waals surface area contributed by atoms with E-state index in [9.17, 15) is 9.59 Å². The lowest BCUT2D eigenvalue weighted by Gasteiger charge is -2.09. The molecule has 2 rings (SSSR count). The Balaban J connectivity index is 1.72. The van der Waals surface area contributed by atoms with Crippen molar-refractivity contribution in [1.82, 2.24) is 16.2 Å². The van der Waals surface area contributed by atoms with E-state index in [-0.39, 0.29) is 17.4 Å². The smallest absolute Gasteiger partial charge is 0.250 e. The van der Waals surface area contributed by atoms with Crippen molar-refractivity contribution in [2.45, 2.75) is 6.42 Å². The fourth-order valence-corrected chi connectivity index (χ4v) is 2.16. The summed E-state index contributed by atoms with van der Waals surface area (Å²) in [5, 5.41) is 3.05. The fourth-order valence-electron chi connectivity index (χ4n) is 1.88. The van der Waals surface area contributed by atoms with Gasteiger partial charge >= 0.3 is 0 Å². The molecule has 0 aromatic heterocycles. The molecule has 0 aliphatic heterocycles. The van der Waals surface area contributed by atoms with Gasteiger partial charge in [-0.15, -0.1) is 0 Å². The molecule has 25 heavy (non-hydrogen) atoms. The lowest BCUT2D eigenvalue weighted by Crippen LogP contribution is -2.48. The van der Waals surface area contributed by atoms with E-state index >= 15 is 0 Å². The van der Waals surface area contributed by atoms with Crippen molar-refractivity contribution in [3.63, 3.8) is 0 Å². The maximum Gasteiger partial charge on any atom is 0.250 e. The van der Waals surface area contributed by atoms with Crippen LogP contribution in [0.1, 0.15) is 11.1 Å². The van der Waals surface area contributed by atoms with E-state index < -0.39 is 5.91 Å². The molecule has 7 heteroatoms. The Kier molecular flexibility index (Phi) is 7.13. The molecule has 0 aliphatic rings. The number of hydrazine groups is 1. The van der Waals surface area contributed by atoms with Crippen LogP contribution in [0.15, 0.2) is 60.7 Å². The molecule has 2 aromatic rings. The summed E-state index contributed by atoms with van der Waals surface area (Å²) in [5.41, 5.74) is 6.61. The average molecular weight is 374 g/mol. The molecule has 2 aromatic carbocycles. The zero-order valence-corrected chi connectivity index (χ0v) is 14.7. The first-order valence-corrected chi connectivity index (χ1v) is 8.19. The number of hydrogen-bond acceptors (Lipinski definition) is 3. The van der Waals surface area contributed by atoms with Crippen LogP contribution in [0.25, 0.3) is 6.08 Å². The van der Waals surface area contributed by atoms with Gasteiger partial charge in [0, 0.05) is 11.1 Å². The third-order valence-corrected chi connectivity index (χ3v) is 3.51. The zero-order chi connectivity index (χ0) is 18.1. The number of carbonyl (C=O) groups excluding carboxylic acids is 2. The quantitative estimate of drug-likeness (QED) is 0.438. The zero-order valence-electron chi connectivity index (χ0n) is 13.2. The van der Waals surface area contributed by atoms with E-state index in [4.69, 9.17) is 23.8 Å². The Morgan fingerprint density at radius 3 is 2.36 bits per heavy atom. The van der Waals surface area contributed by atoms with Crippen molar-refractivity contribution in [3.05, 3.63) is 76.8 Å². The maximum atomic E-state index is 11.8. The van der Waals surface area contributed by atoms with Crippen molar-refractivity contribution in [3.8, 4) is 0 Å². The van der Waals surface area contributed by atoms with Crippen LogP contribution in [0, 0.1) is 0 Å². The minimum atomic E-state index is -0.395. The maximum absolute atomic E-state index is 11.8. The molecule has 2 amide bonds. The molecule has 0 fully saturated rings. The molecule has 0 saturated carbocycles. The van der Waals surface area contributed by atoms with Gasteiger partial charge in [0.25, 0.3) is 0 Å². The summed E-state index contributed by atoms with van der Waals surface area (Å²) >= 11 is 10.7. The molecule has 0 spiro atoms. The number of carbonyl (C=O) groups is 2. The first-order valence-electron chi connectivity index (χ1n) is 7.40. The molecule has 128 valence electrons. The lowest BCUT2D eigenvalue weighted by molar-refractivity contribution is -0.121. The Morgan fingerprint density at radius 2 is 1.68 bits per heavy atom. The van der Waals surface area contributed by atoms with Crippen molar-refractivity contribution in [2.24, 2.45) is 0 Å². The Morgan fingerprint density at radius 1 is 1.00 bits per heavy atom. The highest BCUT2D eigenvalue weighted by Crippen LogP contribution is 2.09. The lowest BCUT2D eigenvalue weighted by atomic mass is 10.1. The van der Waals surface area contributed by atoms with Crippen LogP contribution in [0.3, 0.4) is 0 Å². The summed E-state index contributed by atoms with van der Waals surface area (Å²) in [4.78, 5) is 23.5. The Hall–Kier alpha value is -2.70. The van der Waals surface area contributed by atoms with Crippen LogP contribution < -0.4 is 16.2 Å². The number of benzene rings is 2. The van der Waals surface area contributed by atoms with E-state index in [0.29, 0.717) is 5.02 Å². The van der Waals surface area contributed by atoms with E-state index in [0.717, 1.165) is 11.1 Å². The number of thiocarbonyl (C=S) groups is 1. The summed E-state index contributed by atoms with van der Waals surface area (Å²) in [6, 6.07) is 16.3. The van der Waals surface area contributed by atoms with E-state index in [1.54, 1.807) is 30.3 Å². The largest absolute Gasteiger partial charge is 0.298 e. The van der Waals surface area contributed by atoms with Crippen LogP contribution in [-0.4, -0.2) is 16.9 Å². The van der Waals surface area contributed by atoms with Gasteiger partial charge in [0.1, 0.15) is 0 Å². The van der Waals surface area contributed by atoms with Gasteiger partial charge in [-0.1, -0.05) is 54.1 Å². The first kappa shape index (κ1) is 18.6. The number of halogens is 1. The van der Waals surface area contributed by atoms with Crippen molar-refractivity contribution < 1.29 is 9.59 Å². The van der Waals surface area contributed by atoms with E-state index in [1.165, 1.54) is 6.08 Å². The minimum Gasteiger partial charge on any atom is -0.298 e. The van der Waals surface area contributed by atoms with Gasteiger partial charge in [-0.25, -0.2) is 0 Å². The SMILES string of the molecule is O=C(C=Cc1ccccc1)NC(=S)NNC(=O)Cc1ccc(Cl)cc1. The summed E-state index contributed by atoms with van der Waals surface area (Å²) in [5.74, 6) is -0.688. The third-order valence-electron chi connectivity index (χ3n) is 3.06. The number of nitrogens with one attached hydrogen (secondary N) is 3. The van der Waals surface area contributed by atoms with Crippen LogP contribution >= 0.6 is 23.8 Å². The molecular formula is C18H16ClN3O2S. The number of hydrogen-bond donors (Lipinski definition) is 3. The minimum absolute atomic E-state index is 0.00664. The van der Waals surface area contributed by atoms with Crippen molar-refractivity contribution in [2.75, 3.05) is 0 Å². The van der Waals surface area contributed by atoms with Gasteiger partial charge in [0.2, 0.25) is 11.8 Å². The van der Waals surface area contributed by atoms with Gasteiger partial charge in [-0.05, 0) is 41.6 Å². The highest BCUT2D eigenvalue weighted by Gasteiger charge is 2.05. The normalized spacial score (nSPS) is 10.3. The van der Waals surface area contributed by atoms with Crippen LogP contribution in [0.5, 0.6) is 0 Å². The van der Waals surface area contributed by atoms with E-state index in [2.05, 4.69) is 16.2 Å². The molecule has 0 heterocycles. The molecule has 0 aliphatic carbocycles. The second kappa shape index (κ2) is 9.56. The second-order valence-corrected chi connectivity index (χ2v) is 5.88. The third kappa shape index (κ3) is 7.15. The predicted molar refractivity (Wildman–Crippen MR) is 103 cm³/mol. The monoisotopic (exact) mass is 373 g/mol. The van der Waals surface area contributed by atoms with Gasteiger partial charge in [0.15, 0.2) is 5.11 Å². The van der Waals surface area contributed by atoms with Crippen molar-refractivity contribution in [1.29, 1.82) is 0 Å². The van der Waals surface area contributed by atoms with Gasteiger partial charge < -0.3 is 0 Å². The van der Waals surface area contributed by atoms with Crippen LogP contribution in [-0.2, 0) is 16.0 Å². The van der Waals surface area contributed by atoms with Crippen LogP contribution in [0.2, 0.25) is 5.02 Å². The van der Waals surface area contributed by atoms with Gasteiger partial charge in [0.05, 0.1) is 6.42 Å². The average Bonchev–Trinajstić information content (AvgIpc) is 2.61.